The van der Waals surface area contributed by atoms with Gasteiger partial charge in [0.1, 0.15) is 0 Å². The summed E-state index contributed by atoms with van der Waals surface area (Å²) in [5.41, 5.74) is 0. The van der Waals surface area contributed by atoms with Gasteiger partial charge in [0.05, 0.1) is 6.54 Å². The van der Waals surface area contributed by atoms with E-state index in [-0.39, 0.29) is 24.0 Å². The molecular weight excluding hydrogens is 357 g/mol. The Bertz CT molecular complexity index is 380. The normalized spacial score (nSPS) is 12.7. The monoisotopic (exact) mass is 381 g/mol. The highest BCUT2D eigenvalue weighted by molar-refractivity contribution is 14.0. The third-order valence-corrected chi connectivity index (χ3v) is 2.50. The zero-order chi connectivity index (χ0) is 13.4. The summed E-state index contributed by atoms with van der Waals surface area (Å²) in [6.45, 7) is 9.62. The zero-order valence-corrected chi connectivity index (χ0v) is 14.4. The van der Waals surface area contributed by atoms with Crippen molar-refractivity contribution in [3.8, 4) is 0 Å². The fourth-order valence-electron chi connectivity index (χ4n) is 1.36. The second-order valence-electron chi connectivity index (χ2n) is 4.20. The van der Waals surface area contributed by atoms with Crippen molar-refractivity contribution in [3.05, 3.63) is 11.7 Å². The minimum Gasteiger partial charge on any atom is -0.357 e. The quantitative estimate of drug-likeness (QED) is 0.447. The van der Waals surface area contributed by atoms with Gasteiger partial charge in [-0.1, -0.05) is 12.1 Å². The van der Waals surface area contributed by atoms with Crippen LogP contribution in [0, 0.1) is 6.92 Å². The van der Waals surface area contributed by atoms with E-state index in [1.807, 2.05) is 6.92 Å². The molecule has 0 fully saturated rings. The number of nitrogens with one attached hydrogen (secondary N) is 2. The Balaban J connectivity index is 0.00000324. The second kappa shape index (κ2) is 9.99. The van der Waals surface area contributed by atoms with E-state index in [1.165, 1.54) is 0 Å². The lowest BCUT2D eigenvalue weighted by Crippen LogP contribution is -2.42. The predicted octanol–water partition coefficient (Wildman–Crippen LogP) is 1.89. The number of hydrogen-bond donors (Lipinski definition) is 2. The molecule has 1 aromatic heterocycles. The predicted molar refractivity (Wildman–Crippen MR) is 87.0 cm³/mol. The summed E-state index contributed by atoms with van der Waals surface area (Å²) in [4.78, 5) is 8.62. The molecule has 1 rings (SSSR count). The molecule has 0 aliphatic heterocycles. The van der Waals surface area contributed by atoms with E-state index in [0.717, 1.165) is 18.9 Å². The van der Waals surface area contributed by atoms with Crippen molar-refractivity contribution >= 4 is 29.9 Å². The molecule has 0 amide bonds. The average Bonchev–Trinajstić information content (AvgIpc) is 2.75. The third-order valence-electron chi connectivity index (χ3n) is 2.50. The Hall–Kier alpha value is -0.860. The molecule has 0 aliphatic carbocycles. The van der Waals surface area contributed by atoms with Crippen molar-refractivity contribution < 1.29 is 4.52 Å². The van der Waals surface area contributed by atoms with Crippen molar-refractivity contribution in [3.63, 3.8) is 0 Å². The van der Waals surface area contributed by atoms with Crippen LogP contribution in [0.5, 0.6) is 0 Å². The van der Waals surface area contributed by atoms with Crippen LogP contribution in [-0.4, -0.2) is 35.2 Å². The SMILES string of the molecule is CCNC(=NCCc1nc(C)no1)NC(C)CC.I. The van der Waals surface area contributed by atoms with Crippen LogP contribution >= 0.6 is 24.0 Å². The van der Waals surface area contributed by atoms with Crippen LogP contribution < -0.4 is 10.6 Å². The van der Waals surface area contributed by atoms with Gasteiger partial charge in [-0.3, -0.25) is 4.99 Å². The maximum absolute atomic E-state index is 5.04. The molecular formula is C12H24IN5O. The molecule has 0 aromatic carbocycles. The van der Waals surface area contributed by atoms with Crippen LogP contribution in [0.3, 0.4) is 0 Å². The van der Waals surface area contributed by atoms with Crippen LogP contribution in [0.15, 0.2) is 9.52 Å². The molecule has 2 N–H and O–H groups in total. The summed E-state index contributed by atoms with van der Waals surface area (Å²) in [6.07, 6.45) is 1.73. The second-order valence-corrected chi connectivity index (χ2v) is 4.20. The Morgan fingerprint density at radius 3 is 2.68 bits per heavy atom. The maximum atomic E-state index is 5.04. The van der Waals surface area contributed by atoms with Crippen molar-refractivity contribution in [2.75, 3.05) is 13.1 Å². The van der Waals surface area contributed by atoms with Crippen LogP contribution in [0.2, 0.25) is 0 Å². The van der Waals surface area contributed by atoms with Crippen LogP contribution in [-0.2, 0) is 6.42 Å². The number of nitrogens with zero attached hydrogens (tertiary/aromatic N) is 3. The Kier molecular flexibility index (Phi) is 9.54. The van der Waals surface area contributed by atoms with E-state index >= 15 is 0 Å². The standard InChI is InChI=1S/C12H23N5O.HI/c1-5-9(3)15-12(13-6-2)14-8-7-11-16-10(4)17-18-11;/h9H,5-8H2,1-4H3,(H2,13,14,15);1H. The topological polar surface area (TPSA) is 75.3 Å². The summed E-state index contributed by atoms with van der Waals surface area (Å²) < 4.78 is 5.04. The molecule has 0 radical (unpaired) electrons. The highest BCUT2D eigenvalue weighted by Gasteiger charge is 2.04. The fourth-order valence-corrected chi connectivity index (χ4v) is 1.36. The minimum atomic E-state index is 0. The van der Waals surface area contributed by atoms with Gasteiger partial charge >= 0.3 is 0 Å². The molecule has 1 heterocycles. The number of aryl methyl sites for hydroxylation is 1. The van der Waals surface area contributed by atoms with Gasteiger partial charge in [-0.05, 0) is 27.2 Å². The van der Waals surface area contributed by atoms with E-state index in [0.29, 0.717) is 30.7 Å². The summed E-state index contributed by atoms with van der Waals surface area (Å²) in [7, 11) is 0. The molecule has 0 aliphatic rings. The molecule has 0 saturated heterocycles. The number of halogens is 1. The van der Waals surface area contributed by atoms with Crippen molar-refractivity contribution in [2.45, 2.75) is 46.6 Å². The van der Waals surface area contributed by atoms with Crippen LogP contribution in [0.4, 0.5) is 0 Å². The molecule has 6 nitrogen and oxygen atoms in total. The van der Waals surface area contributed by atoms with Crippen molar-refractivity contribution in [2.24, 2.45) is 4.99 Å². The summed E-state index contributed by atoms with van der Waals surface area (Å²) in [5, 5.41) is 10.3. The van der Waals surface area contributed by atoms with E-state index in [2.05, 4.69) is 46.5 Å². The van der Waals surface area contributed by atoms with Gasteiger partial charge < -0.3 is 15.2 Å². The Labute approximate surface area is 131 Å². The highest BCUT2D eigenvalue weighted by Crippen LogP contribution is 1.97. The number of aliphatic imine (C=N–C) groups is 1. The first-order valence-electron chi connectivity index (χ1n) is 6.49. The van der Waals surface area contributed by atoms with Gasteiger partial charge in [-0.25, -0.2) is 0 Å². The molecule has 19 heavy (non-hydrogen) atoms. The molecule has 1 aromatic rings. The van der Waals surface area contributed by atoms with E-state index in [1.54, 1.807) is 0 Å². The first kappa shape index (κ1) is 18.1. The van der Waals surface area contributed by atoms with Crippen LogP contribution in [0.1, 0.15) is 38.9 Å². The smallest absolute Gasteiger partial charge is 0.228 e. The van der Waals surface area contributed by atoms with Gasteiger partial charge in [0.2, 0.25) is 5.89 Å². The van der Waals surface area contributed by atoms with E-state index in [9.17, 15) is 0 Å². The minimum absolute atomic E-state index is 0. The van der Waals surface area contributed by atoms with Gasteiger partial charge in [0.15, 0.2) is 11.8 Å². The number of guanidine groups is 1. The molecule has 7 heteroatoms. The van der Waals surface area contributed by atoms with Crippen LogP contribution in [0.25, 0.3) is 0 Å². The molecule has 0 bridgehead atoms. The number of rotatable bonds is 6. The van der Waals surface area contributed by atoms with Gasteiger partial charge in [-0.2, -0.15) is 4.98 Å². The lowest BCUT2D eigenvalue weighted by atomic mass is 10.3. The number of hydrogen-bond acceptors (Lipinski definition) is 4. The van der Waals surface area contributed by atoms with Crippen molar-refractivity contribution in [1.29, 1.82) is 0 Å². The number of aromatic nitrogens is 2. The lowest BCUT2D eigenvalue weighted by Gasteiger charge is -2.15. The maximum Gasteiger partial charge on any atom is 0.228 e. The zero-order valence-electron chi connectivity index (χ0n) is 12.1. The molecule has 110 valence electrons. The first-order valence-corrected chi connectivity index (χ1v) is 6.49. The van der Waals surface area contributed by atoms with E-state index in [4.69, 9.17) is 4.52 Å². The third kappa shape index (κ3) is 7.34. The molecule has 1 atom stereocenters. The highest BCUT2D eigenvalue weighted by atomic mass is 127. The Morgan fingerprint density at radius 2 is 2.16 bits per heavy atom. The van der Waals surface area contributed by atoms with E-state index < -0.39 is 0 Å². The van der Waals surface area contributed by atoms with Gasteiger partial charge in [-0.15, -0.1) is 24.0 Å². The fraction of sp³-hybridized carbons (Fsp3) is 0.750. The average molecular weight is 381 g/mol. The molecule has 1 unspecified atom stereocenters. The summed E-state index contributed by atoms with van der Waals surface area (Å²) in [6, 6.07) is 0.411. The molecule has 0 spiro atoms. The lowest BCUT2D eigenvalue weighted by molar-refractivity contribution is 0.376. The largest absolute Gasteiger partial charge is 0.357 e. The van der Waals surface area contributed by atoms with Gasteiger partial charge in [0, 0.05) is 19.0 Å². The van der Waals surface area contributed by atoms with Crippen molar-refractivity contribution in [1.82, 2.24) is 20.8 Å². The first-order chi connectivity index (χ1) is 8.65. The Morgan fingerprint density at radius 1 is 1.42 bits per heavy atom. The summed E-state index contributed by atoms with van der Waals surface area (Å²) in [5.74, 6) is 2.14. The molecule has 0 saturated carbocycles. The summed E-state index contributed by atoms with van der Waals surface area (Å²) >= 11 is 0. The van der Waals surface area contributed by atoms with Gasteiger partial charge in [0.25, 0.3) is 0 Å².